The molecule has 1 heterocycles. The van der Waals surface area contributed by atoms with Crippen LogP contribution in [-0.4, -0.2) is 19.4 Å². The molecule has 3 aromatic rings. The molecule has 0 fully saturated rings. The smallest absolute Gasteiger partial charge is 0.174 e. The summed E-state index contributed by atoms with van der Waals surface area (Å²) in [6.07, 6.45) is 1.72. The van der Waals surface area contributed by atoms with Gasteiger partial charge in [0.05, 0.1) is 20.4 Å². The Morgan fingerprint density at radius 1 is 0.762 bits per heavy atom. The zero-order valence-electron chi connectivity index (χ0n) is 11.9. The molecule has 0 amide bonds. The van der Waals surface area contributed by atoms with Crippen molar-refractivity contribution in [3.8, 4) is 33.9 Å². The van der Waals surface area contributed by atoms with Gasteiger partial charge < -0.3 is 14.0 Å². The summed E-state index contributed by atoms with van der Waals surface area (Å²) in [4.78, 5) is 0. The van der Waals surface area contributed by atoms with Crippen LogP contribution in [-0.2, 0) is 0 Å². The van der Waals surface area contributed by atoms with E-state index in [1.54, 1.807) is 20.4 Å². The van der Waals surface area contributed by atoms with Gasteiger partial charge >= 0.3 is 0 Å². The van der Waals surface area contributed by atoms with Crippen LogP contribution in [0.25, 0.3) is 22.5 Å². The lowest BCUT2D eigenvalue weighted by Gasteiger charge is -2.04. The van der Waals surface area contributed by atoms with E-state index in [-0.39, 0.29) is 0 Å². The molecule has 0 N–H and O–H groups in total. The third kappa shape index (κ3) is 2.60. The van der Waals surface area contributed by atoms with Gasteiger partial charge in [-0.25, -0.2) is 0 Å². The molecule has 0 unspecified atom stereocenters. The molecule has 21 heavy (non-hydrogen) atoms. The Morgan fingerprint density at radius 3 is 1.81 bits per heavy atom. The van der Waals surface area contributed by atoms with Crippen molar-refractivity contribution in [2.24, 2.45) is 0 Å². The lowest BCUT2D eigenvalue weighted by molar-refractivity contribution is 0.414. The van der Waals surface area contributed by atoms with E-state index in [0.717, 1.165) is 33.9 Å². The van der Waals surface area contributed by atoms with Gasteiger partial charge in [-0.05, 0) is 42.0 Å². The molecule has 0 saturated carbocycles. The Bertz CT molecular complexity index is 653. The van der Waals surface area contributed by atoms with Crippen LogP contribution >= 0.6 is 0 Å². The quantitative estimate of drug-likeness (QED) is 0.724. The van der Waals surface area contributed by atoms with Crippen LogP contribution in [0.1, 0.15) is 0 Å². The molecule has 0 aliphatic carbocycles. The zero-order chi connectivity index (χ0) is 14.7. The molecule has 4 heteroatoms. The van der Waals surface area contributed by atoms with E-state index >= 15 is 0 Å². The lowest BCUT2D eigenvalue weighted by atomic mass is 10.0. The molecule has 0 atom stereocenters. The maximum Gasteiger partial charge on any atom is 0.174 e. The molecule has 0 aliphatic heterocycles. The summed E-state index contributed by atoms with van der Waals surface area (Å²) >= 11 is 0. The molecule has 1 aromatic heterocycles. The summed E-state index contributed by atoms with van der Waals surface area (Å²) in [6.45, 7) is 0. The van der Waals surface area contributed by atoms with E-state index < -0.39 is 0 Å². The van der Waals surface area contributed by atoms with Crippen molar-refractivity contribution in [3.05, 3.63) is 54.7 Å². The average Bonchev–Trinajstić information content (AvgIpc) is 3.04. The maximum absolute atomic E-state index is 5.41. The molecule has 106 valence electrons. The summed E-state index contributed by atoms with van der Waals surface area (Å²) in [6, 6.07) is 15.5. The van der Waals surface area contributed by atoms with Crippen LogP contribution in [0.2, 0.25) is 0 Å². The zero-order valence-corrected chi connectivity index (χ0v) is 11.9. The number of ether oxygens (including phenoxy) is 2. The molecular weight excluding hydrogens is 266 g/mol. The molecule has 0 aliphatic rings. The van der Waals surface area contributed by atoms with Crippen LogP contribution in [0.5, 0.6) is 11.5 Å². The first-order valence-corrected chi connectivity index (χ1v) is 6.55. The third-order valence-electron chi connectivity index (χ3n) is 3.32. The first-order chi connectivity index (χ1) is 10.3. The van der Waals surface area contributed by atoms with Gasteiger partial charge in [-0.3, -0.25) is 0 Å². The topological polar surface area (TPSA) is 44.5 Å². The van der Waals surface area contributed by atoms with E-state index in [0.29, 0.717) is 0 Å². The van der Waals surface area contributed by atoms with Crippen molar-refractivity contribution in [1.82, 2.24) is 5.16 Å². The van der Waals surface area contributed by atoms with Crippen LogP contribution in [0.3, 0.4) is 0 Å². The van der Waals surface area contributed by atoms with Crippen molar-refractivity contribution in [2.75, 3.05) is 14.2 Å². The van der Waals surface area contributed by atoms with Crippen molar-refractivity contribution in [2.45, 2.75) is 0 Å². The normalized spacial score (nSPS) is 10.4. The van der Waals surface area contributed by atoms with Crippen molar-refractivity contribution < 1.29 is 14.0 Å². The summed E-state index contributed by atoms with van der Waals surface area (Å²) in [5.41, 5.74) is 2.94. The average molecular weight is 281 g/mol. The second-order valence-electron chi connectivity index (χ2n) is 4.53. The van der Waals surface area contributed by atoms with E-state index in [2.05, 4.69) is 5.16 Å². The molecule has 2 aromatic carbocycles. The molecule has 4 nitrogen and oxygen atoms in total. The van der Waals surface area contributed by atoms with Gasteiger partial charge in [-0.1, -0.05) is 17.3 Å². The molecule has 0 spiro atoms. The highest BCUT2D eigenvalue weighted by Gasteiger charge is 2.12. The minimum atomic E-state index is 0.739. The minimum absolute atomic E-state index is 0.739. The fourth-order valence-electron chi connectivity index (χ4n) is 2.17. The van der Waals surface area contributed by atoms with Gasteiger partial charge in [0.15, 0.2) is 5.76 Å². The SMILES string of the molecule is COc1ccc(-c2cnoc2-c2ccc(OC)cc2)cc1. The number of benzene rings is 2. The third-order valence-corrected chi connectivity index (χ3v) is 3.32. The van der Waals surface area contributed by atoms with Gasteiger partial charge in [0.1, 0.15) is 11.5 Å². The second kappa shape index (κ2) is 5.71. The Hall–Kier alpha value is -2.75. The number of hydrogen-bond donors (Lipinski definition) is 0. The number of methoxy groups -OCH3 is 2. The fourth-order valence-corrected chi connectivity index (χ4v) is 2.17. The number of aromatic nitrogens is 1. The Kier molecular flexibility index (Phi) is 3.60. The first kappa shape index (κ1) is 13.2. The van der Waals surface area contributed by atoms with E-state index in [1.165, 1.54) is 0 Å². The van der Waals surface area contributed by atoms with Gasteiger partial charge in [-0.15, -0.1) is 0 Å². The number of hydrogen-bond acceptors (Lipinski definition) is 4. The standard InChI is InChI=1S/C17H15NO3/c1-19-14-7-3-12(4-8-14)16-11-18-21-17(16)13-5-9-15(20-2)10-6-13/h3-11H,1-2H3. The second-order valence-corrected chi connectivity index (χ2v) is 4.53. The highest BCUT2D eigenvalue weighted by Crippen LogP contribution is 2.33. The highest BCUT2D eigenvalue weighted by atomic mass is 16.5. The van der Waals surface area contributed by atoms with Crippen LogP contribution in [0.15, 0.2) is 59.3 Å². The van der Waals surface area contributed by atoms with Crippen LogP contribution in [0, 0.1) is 0 Å². The maximum atomic E-state index is 5.41. The number of nitrogens with zero attached hydrogens (tertiary/aromatic N) is 1. The summed E-state index contributed by atoms with van der Waals surface area (Å²) < 4.78 is 15.8. The number of rotatable bonds is 4. The van der Waals surface area contributed by atoms with Crippen molar-refractivity contribution in [3.63, 3.8) is 0 Å². The van der Waals surface area contributed by atoms with Crippen molar-refractivity contribution >= 4 is 0 Å². The van der Waals surface area contributed by atoms with Crippen LogP contribution in [0.4, 0.5) is 0 Å². The monoisotopic (exact) mass is 281 g/mol. The van der Waals surface area contributed by atoms with Crippen molar-refractivity contribution in [1.29, 1.82) is 0 Å². The van der Waals surface area contributed by atoms with Gasteiger partial charge in [0, 0.05) is 11.1 Å². The molecule has 0 radical (unpaired) electrons. The molecule has 0 saturated heterocycles. The van der Waals surface area contributed by atoms with E-state index in [1.807, 2.05) is 48.5 Å². The molecular formula is C17H15NO3. The van der Waals surface area contributed by atoms with E-state index in [4.69, 9.17) is 14.0 Å². The lowest BCUT2D eigenvalue weighted by Crippen LogP contribution is -1.84. The highest BCUT2D eigenvalue weighted by molar-refractivity contribution is 5.79. The largest absolute Gasteiger partial charge is 0.497 e. The predicted molar refractivity (Wildman–Crippen MR) is 80.5 cm³/mol. The minimum Gasteiger partial charge on any atom is -0.497 e. The Balaban J connectivity index is 1.99. The summed E-state index contributed by atoms with van der Waals surface area (Å²) in [5.74, 6) is 2.37. The fraction of sp³-hybridized carbons (Fsp3) is 0.118. The molecule has 3 rings (SSSR count). The summed E-state index contributed by atoms with van der Waals surface area (Å²) in [5, 5.41) is 3.92. The first-order valence-electron chi connectivity index (χ1n) is 6.55. The van der Waals surface area contributed by atoms with Gasteiger partial charge in [0.2, 0.25) is 0 Å². The van der Waals surface area contributed by atoms with Gasteiger partial charge in [0.25, 0.3) is 0 Å². The van der Waals surface area contributed by atoms with Gasteiger partial charge in [-0.2, -0.15) is 0 Å². The predicted octanol–water partition coefficient (Wildman–Crippen LogP) is 4.03. The summed E-state index contributed by atoms with van der Waals surface area (Å²) in [7, 11) is 3.30. The Labute approximate surface area is 122 Å². The Morgan fingerprint density at radius 2 is 1.29 bits per heavy atom. The molecule has 0 bridgehead atoms. The van der Waals surface area contributed by atoms with Crippen LogP contribution < -0.4 is 9.47 Å². The van der Waals surface area contributed by atoms with E-state index in [9.17, 15) is 0 Å².